The van der Waals surface area contributed by atoms with Crippen molar-refractivity contribution in [3.63, 3.8) is 0 Å². The fourth-order valence-electron chi connectivity index (χ4n) is 4.17. The van der Waals surface area contributed by atoms with Crippen molar-refractivity contribution < 1.29 is 24.9 Å². The number of alkyl halides is 1. The molecule has 0 heterocycles. The molecule has 0 spiro atoms. The fraction of sp³-hybridized carbons (Fsp3) is 0.640. The summed E-state index contributed by atoms with van der Waals surface area (Å²) in [6.45, 7) is 2.54. The van der Waals surface area contributed by atoms with E-state index in [0.717, 1.165) is 49.8 Å². The molecule has 6 heteroatoms. The lowest BCUT2D eigenvalue weighted by molar-refractivity contribution is -0.137. The molecule has 0 aromatic heterocycles. The van der Waals surface area contributed by atoms with E-state index in [9.17, 15) is 15.0 Å². The highest BCUT2D eigenvalue weighted by Gasteiger charge is 2.41. The minimum Gasteiger partial charge on any atom is -0.493 e. The van der Waals surface area contributed by atoms with Gasteiger partial charge in [-0.1, -0.05) is 50.5 Å². The van der Waals surface area contributed by atoms with Crippen LogP contribution < -0.4 is 4.74 Å². The third-order valence-corrected chi connectivity index (χ3v) is 6.60. The van der Waals surface area contributed by atoms with E-state index < -0.39 is 18.2 Å². The Hall–Kier alpha value is -1.56. The van der Waals surface area contributed by atoms with Gasteiger partial charge in [-0.15, -0.1) is 11.6 Å². The maximum absolute atomic E-state index is 10.6. The highest BCUT2D eigenvalue weighted by atomic mass is 35.5. The van der Waals surface area contributed by atoms with Crippen LogP contribution in [-0.2, 0) is 4.79 Å². The molecule has 0 bridgehead atoms. The molecular formula is C25H37ClO5. The minimum atomic E-state index is -0.774. The van der Waals surface area contributed by atoms with E-state index in [1.54, 1.807) is 0 Å². The standard InChI is InChI=1S/C25H37ClO5/c1-2-3-6-10-23(27)18-12-14-19(15-13-18)31-17-21-20(22(26)16-24(21)28)9-7-4-5-8-11-25(29)30/h4,7,12-15,20-24,27-28H,2-3,5-6,8-11,16-17H2,1H3,(H,29,30)/b7-4-/t20?,21-,22-,23-,24-/m1/s1. The van der Waals surface area contributed by atoms with E-state index in [4.69, 9.17) is 21.4 Å². The van der Waals surface area contributed by atoms with Gasteiger partial charge in [0.25, 0.3) is 0 Å². The Morgan fingerprint density at radius 2 is 1.94 bits per heavy atom. The lowest BCUT2D eigenvalue weighted by atomic mass is 9.92. The van der Waals surface area contributed by atoms with Crippen LogP contribution >= 0.6 is 11.6 Å². The smallest absolute Gasteiger partial charge is 0.303 e. The summed E-state index contributed by atoms with van der Waals surface area (Å²) in [5.41, 5.74) is 0.899. The number of carboxylic acids is 1. The first kappa shape index (κ1) is 25.7. The largest absolute Gasteiger partial charge is 0.493 e. The maximum atomic E-state index is 10.6. The second kappa shape index (κ2) is 13.8. The van der Waals surface area contributed by atoms with E-state index in [1.807, 2.05) is 36.4 Å². The molecule has 2 rings (SSSR count). The van der Waals surface area contributed by atoms with Crippen LogP contribution in [0.4, 0.5) is 0 Å². The third-order valence-electron chi connectivity index (χ3n) is 6.10. The highest BCUT2D eigenvalue weighted by Crippen LogP contribution is 2.39. The highest BCUT2D eigenvalue weighted by molar-refractivity contribution is 6.21. The first-order valence-corrected chi connectivity index (χ1v) is 12.0. The number of halogens is 1. The molecule has 1 aromatic rings. The lowest BCUT2D eigenvalue weighted by Gasteiger charge is -2.23. The van der Waals surface area contributed by atoms with Crippen LogP contribution in [0.2, 0.25) is 0 Å². The second-order valence-electron chi connectivity index (χ2n) is 8.53. The number of hydrogen-bond acceptors (Lipinski definition) is 4. The summed E-state index contributed by atoms with van der Waals surface area (Å²) in [6.07, 6.45) is 9.98. The number of allylic oxidation sites excluding steroid dienone is 2. The van der Waals surface area contributed by atoms with Gasteiger partial charge in [-0.3, -0.25) is 4.79 Å². The molecule has 1 fully saturated rings. The predicted molar refractivity (Wildman–Crippen MR) is 124 cm³/mol. The topological polar surface area (TPSA) is 87.0 Å². The van der Waals surface area contributed by atoms with Gasteiger partial charge in [0.05, 0.1) is 18.8 Å². The van der Waals surface area contributed by atoms with Crippen molar-refractivity contribution in [1.82, 2.24) is 0 Å². The zero-order chi connectivity index (χ0) is 22.6. The Morgan fingerprint density at radius 1 is 1.19 bits per heavy atom. The van der Waals surface area contributed by atoms with Gasteiger partial charge in [0.1, 0.15) is 5.75 Å². The Labute approximate surface area is 191 Å². The Bertz CT molecular complexity index is 675. The Kier molecular flexibility index (Phi) is 11.4. The Morgan fingerprint density at radius 3 is 2.61 bits per heavy atom. The minimum absolute atomic E-state index is 0.0505. The molecule has 0 aliphatic heterocycles. The molecule has 1 aromatic carbocycles. The van der Waals surface area contributed by atoms with Crippen LogP contribution in [0.1, 0.15) is 76.4 Å². The van der Waals surface area contributed by atoms with Crippen LogP contribution in [0, 0.1) is 11.8 Å². The number of ether oxygens (including phenoxy) is 1. The number of aliphatic hydroxyl groups is 2. The summed E-state index contributed by atoms with van der Waals surface area (Å²) < 4.78 is 5.95. The van der Waals surface area contributed by atoms with E-state index in [-0.39, 0.29) is 23.6 Å². The van der Waals surface area contributed by atoms with Crippen molar-refractivity contribution in [2.45, 2.75) is 82.3 Å². The zero-order valence-corrected chi connectivity index (χ0v) is 19.2. The molecule has 1 saturated carbocycles. The van der Waals surface area contributed by atoms with E-state index in [0.29, 0.717) is 19.4 Å². The SMILES string of the molecule is CCCCC[C@@H](O)c1ccc(OC[C@@H]2C(C/C=C\CCCC(=O)O)[C@H](Cl)C[C@H]2O)cc1. The lowest BCUT2D eigenvalue weighted by Crippen LogP contribution is -2.27. The van der Waals surface area contributed by atoms with Gasteiger partial charge in [-0.25, -0.2) is 0 Å². The molecule has 174 valence electrons. The molecular weight excluding hydrogens is 416 g/mol. The number of hydrogen-bond donors (Lipinski definition) is 3. The molecule has 5 nitrogen and oxygen atoms in total. The average Bonchev–Trinajstić information content (AvgIpc) is 3.01. The van der Waals surface area contributed by atoms with Crippen LogP contribution in [0.3, 0.4) is 0 Å². The van der Waals surface area contributed by atoms with E-state index in [2.05, 4.69) is 6.92 Å². The normalized spacial score (nSPS) is 24.5. The fourth-order valence-corrected chi connectivity index (χ4v) is 4.64. The number of aliphatic hydroxyl groups excluding tert-OH is 2. The van der Waals surface area contributed by atoms with Crippen molar-refractivity contribution in [3.8, 4) is 5.75 Å². The number of aliphatic carboxylic acids is 1. The van der Waals surface area contributed by atoms with Gasteiger partial charge in [-0.05, 0) is 55.7 Å². The summed E-state index contributed by atoms with van der Waals surface area (Å²) in [7, 11) is 0. The molecule has 5 atom stereocenters. The van der Waals surface area contributed by atoms with Gasteiger partial charge in [0, 0.05) is 17.7 Å². The Balaban J connectivity index is 1.82. The summed E-state index contributed by atoms with van der Waals surface area (Å²) in [5, 5.41) is 29.3. The van der Waals surface area contributed by atoms with Crippen LogP contribution in [-0.4, -0.2) is 39.4 Å². The van der Waals surface area contributed by atoms with Gasteiger partial charge >= 0.3 is 5.97 Å². The average molecular weight is 453 g/mol. The van der Waals surface area contributed by atoms with Crippen molar-refractivity contribution >= 4 is 17.6 Å². The van der Waals surface area contributed by atoms with Crippen LogP contribution in [0.15, 0.2) is 36.4 Å². The first-order valence-electron chi connectivity index (χ1n) is 11.5. The molecule has 1 aliphatic rings. The second-order valence-corrected chi connectivity index (χ2v) is 9.09. The van der Waals surface area contributed by atoms with E-state index >= 15 is 0 Å². The third kappa shape index (κ3) is 8.83. The molecule has 0 amide bonds. The molecule has 1 aliphatic carbocycles. The summed E-state index contributed by atoms with van der Waals surface area (Å²) in [6, 6.07) is 7.54. The van der Waals surface area contributed by atoms with Gasteiger partial charge in [-0.2, -0.15) is 0 Å². The molecule has 0 radical (unpaired) electrons. The summed E-state index contributed by atoms with van der Waals surface area (Å²) in [5.74, 6) is 0.0135. The van der Waals surface area contributed by atoms with Gasteiger partial charge in [0.2, 0.25) is 0 Å². The van der Waals surface area contributed by atoms with Crippen molar-refractivity contribution in [3.05, 3.63) is 42.0 Å². The molecule has 1 unspecified atom stereocenters. The number of unbranched alkanes of at least 4 members (excludes halogenated alkanes) is 3. The van der Waals surface area contributed by atoms with Gasteiger partial charge < -0.3 is 20.1 Å². The quantitative estimate of drug-likeness (QED) is 0.197. The summed E-state index contributed by atoms with van der Waals surface area (Å²) in [4.78, 5) is 10.6. The van der Waals surface area contributed by atoms with E-state index in [1.165, 1.54) is 0 Å². The zero-order valence-electron chi connectivity index (χ0n) is 18.5. The first-order chi connectivity index (χ1) is 14.9. The molecule has 31 heavy (non-hydrogen) atoms. The monoisotopic (exact) mass is 452 g/mol. The van der Waals surface area contributed by atoms with Crippen molar-refractivity contribution in [2.75, 3.05) is 6.61 Å². The number of carboxylic acid groups (broad SMARTS) is 1. The van der Waals surface area contributed by atoms with Crippen LogP contribution in [0.25, 0.3) is 0 Å². The van der Waals surface area contributed by atoms with Gasteiger partial charge in [0.15, 0.2) is 0 Å². The molecule has 3 N–H and O–H groups in total. The van der Waals surface area contributed by atoms with Crippen molar-refractivity contribution in [2.24, 2.45) is 11.8 Å². The predicted octanol–water partition coefficient (Wildman–Crippen LogP) is 5.48. The molecule has 0 saturated heterocycles. The number of rotatable bonds is 14. The van der Waals surface area contributed by atoms with Crippen LogP contribution in [0.5, 0.6) is 5.75 Å². The van der Waals surface area contributed by atoms with Crippen molar-refractivity contribution in [1.29, 1.82) is 0 Å². The number of benzene rings is 1. The maximum Gasteiger partial charge on any atom is 0.303 e. The number of carbonyl (C=O) groups is 1. The summed E-state index contributed by atoms with van der Waals surface area (Å²) >= 11 is 6.48.